The van der Waals surface area contributed by atoms with E-state index in [2.05, 4.69) is 5.32 Å². The fourth-order valence-electron chi connectivity index (χ4n) is 2.52. The van der Waals surface area contributed by atoms with Crippen LogP contribution in [-0.4, -0.2) is 39.4 Å². The molecule has 0 atom stereocenters. The van der Waals surface area contributed by atoms with Gasteiger partial charge >= 0.3 is 5.97 Å². The molecule has 0 radical (unpaired) electrons. The number of imide groups is 1. The number of carbonyl (C=O) groups is 3. The first kappa shape index (κ1) is 16.1. The number of carboxylic acids is 1. The highest BCUT2D eigenvalue weighted by molar-refractivity contribution is 6.21. The zero-order chi connectivity index (χ0) is 18.1. The maximum absolute atomic E-state index is 12.3. The van der Waals surface area contributed by atoms with Crippen LogP contribution in [0.5, 0.6) is 0 Å². The fourth-order valence-corrected chi connectivity index (χ4v) is 2.52. The molecule has 1 heterocycles. The lowest BCUT2D eigenvalue weighted by Crippen LogP contribution is -2.34. The zero-order valence-electron chi connectivity index (χ0n) is 12.6. The van der Waals surface area contributed by atoms with E-state index in [1.807, 2.05) is 0 Å². The number of rotatable bonds is 5. The fraction of sp³-hybridized carbons (Fsp3) is 0.0625. The van der Waals surface area contributed by atoms with Crippen molar-refractivity contribution in [1.29, 1.82) is 0 Å². The standard InChI is InChI=1S/C16H11N3O6/c20-14-10-6-5-9(19(24)25)7-12(10)15(21)18(14)8-17-13-4-2-1-3-11(13)16(22)23/h1-7,17H,8H2,(H,22,23). The summed E-state index contributed by atoms with van der Waals surface area (Å²) in [6, 6.07) is 9.50. The van der Waals surface area contributed by atoms with Crippen LogP contribution in [-0.2, 0) is 0 Å². The summed E-state index contributed by atoms with van der Waals surface area (Å²) in [7, 11) is 0. The number of non-ortho nitro benzene ring substituents is 1. The van der Waals surface area contributed by atoms with E-state index < -0.39 is 22.7 Å². The summed E-state index contributed by atoms with van der Waals surface area (Å²) in [6.07, 6.45) is 0. The quantitative estimate of drug-likeness (QED) is 0.483. The van der Waals surface area contributed by atoms with Gasteiger partial charge in [-0.3, -0.25) is 24.6 Å². The topological polar surface area (TPSA) is 130 Å². The van der Waals surface area contributed by atoms with Crippen LogP contribution in [0.3, 0.4) is 0 Å². The molecule has 0 bridgehead atoms. The predicted octanol–water partition coefficient (Wildman–Crippen LogP) is 1.96. The highest BCUT2D eigenvalue weighted by atomic mass is 16.6. The number of anilines is 1. The van der Waals surface area contributed by atoms with Gasteiger partial charge in [-0.25, -0.2) is 4.79 Å². The summed E-state index contributed by atoms with van der Waals surface area (Å²) in [5, 5.41) is 22.7. The molecule has 126 valence electrons. The number of hydrogen-bond acceptors (Lipinski definition) is 6. The van der Waals surface area contributed by atoms with E-state index in [1.54, 1.807) is 12.1 Å². The van der Waals surface area contributed by atoms with Crippen molar-refractivity contribution in [2.75, 3.05) is 12.0 Å². The first-order valence-corrected chi connectivity index (χ1v) is 7.11. The van der Waals surface area contributed by atoms with E-state index in [0.717, 1.165) is 17.0 Å². The van der Waals surface area contributed by atoms with Gasteiger partial charge in [-0.05, 0) is 18.2 Å². The van der Waals surface area contributed by atoms with Gasteiger partial charge in [-0.2, -0.15) is 0 Å². The Morgan fingerprint density at radius 3 is 2.48 bits per heavy atom. The summed E-state index contributed by atoms with van der Waals surface area (Å²) in [5.41, 5.74) is -0.0188. The van der Waals surface area contributed by atoms with Crippen molar-refractivity contribution in [1.82, 2.24) is 4.90 Å². The van der Waals surface area contributed by atoms with E-state index in [4.69, 9.17) is 5.11 Å². The normalized spacial score (nSPS) is 12.9. The number of nitro groups is 1. The second-order valence-corrected chi connectivity index (χ2v) is 5.21. The van der Waals surface area contributed by atoms with Crippen LogP contribution >= 0.6 is 0 Å². The summed E-state index contributed by atoms with van der Waals surface area (Å²) >= 11 is 0. The monoisotopic (exact) mass is 341 g/mol. The van der Waals surface area contributed by atoms with Crippen molar-refractivity contribution in [3.05, 3.63) is 69.3 Å². The Bertz CT molecular complexity index is 924. The van der Waals surface area contributed by atoms with Crippen molar-refractivity contribution in [3.63, 3.8) is 0 Å². The molecule has 0 aliphatic carbocycles. The van der Waals surface area contributed by atoms with Gasteiger partial charge in [0.2, 0.25) is 0 Å². The number of carboxylic acid groups (broad SMARTS) is 1. The Hall–Kier alpha value is -3.75. The highest BCUT2D eigenvalue weighted by Gasteiger charge is 2.36. The molecule has 1 aliphatic heterocycles. The van der Waals surface area contributed by atoms with Gasteiger partial charge in [0, 0.05) is 12.1 Å². The van der Waals surface area contributed by atoms with Crippen molar-refractivity contribution < 1.29 is 24.4 Å². The molecule has 3 rings (SSSR count). The second-order valence-electron chi connectivity index (χ2n) is 5.21. The molecule has 0 fully saturated rings. The number of carbonyl (C=O) groups excluding carboxylic acids is 2. The van der Waals surface area contributed by atoms with E-state index in [-0.39, 0.29) is 34.7 Å². The number of para-hydroxylation sites is 1. The average molecular weight is 341 g/mol. The van der Waals surface area contributed by atoms with Crippen LogP contribution in [0.15, 0.2) is 42.5 Å². The van der Waals surface area contributed by atoms with Crippen LogP contribution in [0.25, 0.3) is 0 Å². The van der Waals surface area contributed by atoms with Crippen molar-refractivity contribution in [2.24, 2.45) is 0 Å². The Balaban J connectivity index is 1.83. The lowest BCUT2D eigenvalue weighted by molar-refractivity contribution is -0.384. The SMILES string of the molecule is O=C(O)c1ccccc1NCN1C(=O)c2ccc([N+](=O)[O-])cc2C1=O. The van der Waals surface area contributed by atoms with Gasteiger partial charge in [-0.15, -0.1) is 0 Å². The Kier molecular flexibility index (Phi) is 3.89. The Morgan fingerprint density at radius 1 is 1.12 bits per heavy atom. The summed E-state index contributed by atoms with van der Waals surface area (Å²) in [6.45, 7) is -0.259. The minimum atomic E-state index is -1.15. The number of fused-ring (bicyclic) bond motifs is 1. The molecule has 0 aromatic heterocycles. The number of nitrogens with one attached hydrogen (secondary N) is 1. The summed E-state index contributed by atoms with van der Waals surface area (Å²) in [4.78, 5) is 46.9. The number of amides is 2. The summed E-state index contributed by atoms with van der Waals surface area (Å²) in [5.74, 6) is -2.43. The third-order valence-corrected chi connectivity index (χ3v) is 3.75. The maximum Gasteiger partial charge on any atom is 0.337 e. The molecule has 0 unspecified atom stereocenters. The number of aromatic carboxylic acids is 1. The molecular formula is C16H11N3O6. The van der Waals surface area contributed by atoms with Gasteiger partial charge in [0.1, 0.15) is 0 Å². The molecule has 1 aliphatic rings. The van der Waals surface area contributed by atoms with E-state index >= 15 is 0 Å². The van der Waals surface area contributed by atoms with Gasteiger partial charge in [0.05, 0.1) is 34.0 Å². The van der Waals surface area contributed by atoms with E-state index in [9.17, 15) is 24.5 Å². The van der Waals surface area contributed by atoms with Gasteiger partial charge in [0.15, 0.2) is 0 Å². The minimum Gasteiger partial charge on any atom is -0.478 e. The molecule has 2 N–H and O–H groups in total. The largest absolute Gasteiger partial charge is 0.478 e. The van der Waals surface area contributed by atoms with Gasteiger partial charge in [-0.1, -0.05) is 12.1 Å². The smallest absolute Gasteiger partial charge is 0.337 e. The number of nitro benzene ring substituents is 1. The lowest BCUT2D eigenvalue weighted by Gasteiger charge is -2.16. The predicted molar refractivity (Wildman–Crippen MR) is 85.5 cm³/mol. The van der Waals surface area contributed by atoms with Crippen LogP contribution < -0.4 is 5.32 Å². The van der Waals surface area contributed by atoms with Crippen molar-refractivity contribution >= 4 is 29.2 Å². The van der Waals surface area contributed by atoms with Crippen molar-refractivity contribution in [2.45, 2.75) is 0 Å². The third kappa shape index (κ3) is 2.78. The van der Waals surface area contributed by atoms with Crippen LogP contribution in [0.4, 0.5) is 11.4 Å². The first-order valence-electron chi connectivity index (χ1n) is 7.11. The molecular weight excluding hydrogens is 330 g/mol. The molecule has 2 aromatic carbocycles. The molecule has 2 amide bonds. The molecule has 9 heteroatoms. The number of nitrogens with zero attached hydrogens (tertiary/aromatic N) is 2. The van der Waals surface area contributed by atoms with E-state index in [1.165, 1.54) is 18.2 Å². The van der Waals surface area contributed by atoms with Crippen molar-refractivity contribution in [3.8, 4) is 0 Å². The third-order valence-electron chi connectivity index (χ3n) is 3.75. The van der Waals surface area contributed by atoms with Crippen LogP contribution in [0, 0.1) is 10.1 Å². The van der Waals surface area contributed by atoms with Crippen LogP contribution in [0.2, 0.25) is 0 Å². The van der Waals surface area contributed by atoms with E-state index in [0.29, 0.717) is 0 Å². The van der Waals surface area contributed by atoms with Gasteiger partial charge in [0.25, 0.3) is 17.5 Å². The molecule has 0 spiro atoms. The molecule has 25 heavy (non-hydrogen) atoms. The molecule has 0 saturated heterocycles. The first-order chi connectivity index (χ1) is 11.9. The maximum atomic E-state index is 12.3. The number of hydrogen-bond donors (Lipinski definition) is 2. The molecule has 2 aromatic rings. The average Bonchev–Trinajstić information content (AvgIpc) is 2.83. The highest BCUT2D eigenvalue weighted by Crippen LogP contribution is 2.27. The zero-order valence-corrected chi connectivity index (χ0v) is 12.6. The Labute approximate surface area is 140 Å². The lowest BCUT2D eigenvalue weighted by atomic mass is 10.1. The number of benzene rings is 2. The summed E-state index contributed by atoms with van der Waals surface area (Å²) < 4.78 is 0. The molecule has 9 nitrogen and oxygen atoms in total. The Morgan fingerprint density at radius 2 is 1.80 bits per heavy atom. The second kappa shape index (κ2) is 6.04. The van der Waals surface area contributed by atoms with Gasteiger partial charge < -0.3 is 10.4 Å². The minimum absolute atomic E-state index is 0.00486. The van der Waals surface area contributed by atoms with Crippen LogP contribution in [0.1, 0.15) is 31.1 Å². The molecule has 0 saturated carbocycles.